The lowest BCUT2D eigenvalue weighted by molar-refractivity contribution is -0.137. The van der Waals surface area contributed by atoms with Crippen LogP contribution in [0.15, 0.2) is 42.5 Å². The minimum Gasteiger partial charge on any atom is -0.481 e. The summed E-state index contributed by atoms with van der Waals surface area (Å²) in [5.41, 5.74) is 1.50. The molecule has 3 N–H and O–H groups in total. The number of ketones is 1. The Hall–Kier alpha value is -3.48. The highest BCUT2D eigenvalue weighted by Crippen LogP contribution is 2.17. The van der Waals surface area contributed by atoms with Crippen LogP contribution in [0.3, 0.4) is 0 Å². The van der Waals surface area contributed by atoms with Crippen LogP contribution in [0.5, 0.6) is 0 Å². The van der Waals surface area contributed by atoms with Gasteiger partial charge in [0.2, 0.25) is 0 Å². The molecular formula is C19H16O7. The van der Waals surface area contributed by atoms with E-state index >= 15 is 0 Å². The van der Waals surface area contributed by atoms with Gasteiger partial charge >= 0.3 is 17.9 Å². The minimum atomic E-state index is -1.10. The molecular weight excluding hydrogens is 340 g/mol. The first-order valence-electron chi connectivity index (χ1n) is 7.66. The highest BCUT2D eigenvalue weighted by atomic mass is 16.4. The third-order valence-corrected chi connectivity index (χ3v) is 3.57. The Morgan fingerprint density at radius 2 is 1.08 bits per heavy atom. The van der Waals surface area contributed by atoms with Crippen molar-refractivity contribution < 1.29 is 34.5 Å². The number of rotatable bonds is 8. The number of carbonyl (C=O) groups excluding carboxylic acids is 1. The molecule has 0 atom stereocenters. The fourth-order valence-corrected chi connectivity index (χ4v) is 2.61. The molecule has 0 spiro atoms. The molecule has 26 heavy (non-hydrogen) atoms. The van der Waals surface area contributed by atoms with Gasteiger partial charge in [0.05, 0.1) is 19.3 Å². The summed E-state index contributed by atoms with van der Waals surface area (Å²) in [6.45, 7) is 0. The number of carbonyl (C=O) groups is 4. The Morgan fingerprint density at radius 1 is 0.615 bits per heavy atom. The zero-order chi connectivity index (χ0) is 19.3. The van der Waals surface area contributed by atoms with E-state index in [0.717, 1.165) is 0 Å². The van der Waals surface area contributed by atoms with Crippen molar-refractivity contribution in [2.45, 2.75) is 19.3 Å². The Morgan fingerprint density at radius 3 is 1.58 bits per heavy atom. The van der Waals surface area contributed by atoms with E-state index in [0.29, 0.717) is 16.7 Å². The molecule has 7 heteroatoms. The lowest BCUT2D eigenvalue weighted by atomic mass is 9.95. The van der Waals surface area contributed by atoms with E-state index in [4.69, 9.17) is 15.3 Å². The molecule has 0 radical (unpaired) electrons. The second kappa shape index (κ2) is 8.06. The number of hydrogen-bond acceptors (Lipinski definition) is 4. The molecule has 2 aromatic rings. The molecule has 0 aromatic heterocycles. The normalized spacial score (nSPS) is 10.3. The zero-order valence-corrected chi connectivity index (χ0v) is 13.6. The molecule has 0 aliphatic carbocycles. The van der Waals surface area contributed by atoms with E-state index in [1.54, 1.807) is 12.1 Å². The van der Waals surface area contributed by atoms with Crippen LogP contribution in [-0.2, 0) is 33.6 Å². The van der Waals surface area contributed by atoms with Gasteiger partial charge in [-0.2, -0.15) is 0 Å². The van der Waals surface area contributed by atoms with Crippen molar-refractivity contribution in [3.05, 3.63) is 70.3 Å². The number of hydrogen-bond donors (Lipinski definition) is 3. The first-order valence-corrected chi connectivity index (χ1v) is 7.66. The molecule has 0 aliphatic rings. The molecule has 0 saturated carbocycles. The summed E-state index contributed by atoms with van der Waals surface area (Å²) in [7, 11) is 0. The van der Waals surface area contributed by atoms with E-state index < -0.39 is 23.7 Å². The molecule has 0 bridgehead atoms. The quantitative estimate of drug-likeness (QED) is 0.615. The van der Waals surface area contributed by atoms with Gasteiger partial charge in [-0.05, 0) is 34.9 Å². The molecule has 2 aromatic carbocycles. The highest BCUT2D eigenvalue weighted by molar-refractivity contribution is 6.09. The SMILES string of the molecule is O=C(O)Cc1cccc(C(=O)c2cc(CC(=O)O)cc(CC(=O)O)c2)c1. The molecule has 0 unspecified atom stereocenters. The maximum Gasteiger partial charge on any atom is 0.307 e. The average Bonchev–Trinajstić information content (AvgIpc) is 2.52. The molecule has 0 heterocycles. The summed E-state index contributed by atoms with van der Waals surface area (Å²) < 4.78 is 0. The van der Waals surface area contributed by atoms with Crippen LogP contribution in [0.25, 0.3) is 0 Å². The lowest BCUT2D eigenvalue weighted by Crippen LogP contribution is -2.09. The van der Waals surface area contributed by atoms with Crippen LogP contribution in [0.1, 0.15) is 32.6 Å². The van der Waals surface area contributed by atoms with Crippen LogP contribution < -0.4 is 0 Å². The summed E-state index contributed by atoms with van der Waals surface area (Å²) >= 11 is 0. The molecule has 0 aliphatic heterocycles. The monoisotopic (exact) mass is 356 g/mol. The predicted molar refractivity (Wildman–Crippen MR) is 90.3 cm³/mol. The van der Waals surface area contributed by atoms with E-state index in [-0.39, 0.29) is 30.4 Å². The van der Waals surface area contributed by atoms with Crippen LogP contribution in [0, 0.1) is 0 Å². The van der Waals surface area contributed by atoms with Crippen molar-refractivity contribution in [3.8, 4) is 0 Å². The Bertz CT molecular complexity index is 849. The maximum atomic E-state index is 12.7. The molecule has 7 nitrogen and oxygen atoms in total. The largest absolute Gasteiger partial charge is 0.481 e. The third-order valence-electron chi connectivity index (χ3n) is 3.57. The number of carboxylic acids is 3. The van der Waals surface area contributed by atoms with Gasteiger partial charge in [-0.25, -0.2) is 0 Å². The zero-order valence-electron chi connectivity index (χ0n) is 13.6. The summed E-state index contributed by atoms with van der Waals surface area (Å²) in [6, 6.07) is 10.4. The van der Waals surface area contributed by atoms with Gasteiger partial charge in [0.1, 0.15) is 0 Å². The van der Waals surface area contributed by atoms with Gasteiger partial charge in [-0.15, -0.1) is 0 Å². The highest BCUT2D eigenvalue weighted by Gasteiger charge is 2.15. The Kier molecular flexibility index (Phi) is 5.85. The van der Waals surface area contributed by atoms with Gasteiger partial charge in [-0.1, -0.05) is 24.3 Å². The summed E-state index contributed by atoms with van der Waals surface area (Å²) in [5, 5.41) is 26.8. The van der Waals surface area contributed by atoms with Gasteiger partial charge in [0.15, 0.2) is 5.78 Å². The fourth-order valence-electron chi connectivity index (χ4n) is 2.61. The molecule has 2 rings (SSSR count). The number of benzene rings is 2. The van der Waals surface area contributed by atoms with Crippen molar-refractivity contribution in [2.75, 3.05) is 0 Å². The lowest BCUT2D eigenvalue weighted by Gasteiger charge is -2.08. The minimum absolute atomic E-state index is 0.160. The fraction of sp³-hybridized carbons (Fsp3) is 0.158. The van der Waals surface area contributed by atoms with Gasteiger partial charge in [0.25, 0.3) is 0 Å². The van der Waals surface area contributed by atoms with E-state index in [2.05, 4.69) is 0 Å². The first kappa shape index (κ1) is 18.9. The van der Waals surface area contributed by atoms with Crippen molar-refractivity contribution in [2.24, 2.45) is 0 Å². The van der Waals surface area contributed by atoms with E-state index in [9.17, 15) is 19.2 Å². The molecule has 134 valence electrons. The second-order valence-electron chi connectivity index (χ2n) is 5.78. The van der Waals surface area contributed by atoms with Crippen LogP contribution in [0.4, 0.5) is 0 Å². The van der Waals surface area contributed by atoms with Crippen LogP contribution in [0.2, 0.25) is 0 Å². The van der Waals surface area contributed by atoms with Crippen molar-refractivity contribution in [1.29, 1.82) is 0 Å². The van der Waals surface area contributed by atoms with Gasteiger partial charge in [-0.3, -0.25) is 19.2 Å². The summed E-state index contributed by atoms with van der Waals surface area (Å²) in [4.78, 5) is 45.4. The Balaban J connectivity index is 2.41. The third kappa shape index (κ3) is 5.27. The maximum absolute atomic E-state index is 12.7. The summed E-state index contributed by atoms with van der Waals surface area (Å²) in [5.74, 6) is -3.66. The average molecular weight is 356 g/mol. The van der Waals surface area contributed by atoms with E-state index in [1.807, 2.05) is 0 Å². The number of aliphatic carboxylic acids is 3. The van der Waals surface area contributed by atoms with E-state index in [1.165, 1.54) is 30.3 Å². The topological polar surface area (TPSA) is 129 Å². The molecule has 0 amide bonds. The molecule has 0 saturated heterocycles. The first-order chi connectivity index (χ1) is 12.2. The van der Waals surface area contributed by atoms with Crippen molar-refractivity contribution in [3.63, 3.8) is 0 Å². The van der Waals surface area contributed by atoms with Gasteiger partial charge in [0, 0.05) is 11.1 Å². The van der Waals surface area contributed by atoms with Crippen LogP contribution >= 0.6 is 0 Å². The summed E-state index contributed by atoms with van der Waals surface area (Å²) in [6.07, 6.45) is -0.913. The van der Waals surface area contributed by atoms with Crippen LogP contribution in [-0.4, -0.2) is 39.0 Å². The smallest absolute Gasteiger partial charge is 0.307 e. The Labute approximate surface area is 148 Å². The second-order valence-corrected chi connectivity index (χ2v) is 5.78. The molecule has 0 fully saturated rings. The predicted octanol–water partition coefficient (Wildman–Crippen LogP) is 1.80. The van der Waals surface area contributed by atoms with Crippen molar-refractivity contribution >= 4 is 23.7 Å². The number of carboxylic acid groups (broad SMARTS) is 3. The van der Waals surface area contributed by atoms with Gasteiger partial charge < -0.3 is 15.3 Å². The standard InChI is InChI=1S/C19H16O7/c20-16(21)8-11-2-1-3-14(5-11)19(26)15-6-12(9-17(22)23)4-13(7-15)10-18(24)25/h1-7H,8-10H2,(H,20,21)(H,22,23)(H,24,25). The van der Waals surface area contributed by atoms with Crippen molar-refractivity contribution in [1.82, 2.24) is 0 Å².